The summed E-state index contributed by atoms with van der Waals surface area (Å²) in [6.45, 7) is 3.07. The average Bonchev–Trinajstić information content (AvgIpc) is 2.93. The molecule has 1 aliphatic carbocycles. The molecular formula is C11H20N2O. The number of carbonyl (C=O) groups is 1. The minimum Gasteiger partial charge on any atom is -0.355 e. The SMILES string of the molecule is CC(CC1CC1)NC1CCC(=O)NC1. The van der Waals surface area contributed by atoms with Crippen LogP contribution in [0.3, 0.4) is 0 Å². The van der Waals surface area contributed by atoms with Crippen LogP contribution in [0.15, 0.2) is 0 Å². The van der Waals surface area contributed by atoms with E-state index >= 15 is 0 Å². The number of nitrogens with one attached hydrogen (secondary N) is 2. The lowest BCUT2D eigenvalue weighted by Crippen LogP contribution is -2.48. The van der Waals surface area contributed by atoms with Crippen molar-refractivity contribution in [3.63, 3.8) is 0 Å². The molecule has 0 aromatic heterocycles. The fourth-order valence-corrected chi connectivity index (χ4v) is 2.20. The predicted octanol–water partition coefficient (Wildman–Crippen LogP) is 1.04. The molecule has 2 unspecified atom stereocenters. The van der Waals surface area contributed by atoms with Crippen LogP contribution in [0.25, 0.3) is 0 Å². The Balaban J connectivity index is 1.65. The first kappa shape index (κ1) is 9.97. The Kier molecular flexibility index (Phi) is 3.06. The number of hydrogen-bond donors (Lipinski definition) is 2. The van der Waals surface area contributed by atoms with Gasteiger partial charge in [-0.25, -0.2) is 0 Å². The molecule has 1 heterocycles. The second kappa shape index (κ2) is 4.30. The maximum Gasteiger partial charge on any atom is 0.220 e. The second-order valence-electron chi connectivity index (χ2n) is 4.79. The van der Waals surface area contributed by atoms with Crippen molar-refractivity contribution in [1.29, 1.82) is 0 Å². The number of piperidine rings is 1. The molecule has 1 aliphatic heterocycles. The predicted molar refractivity (Wildman–Crippen MR) is 56.0 cm³/mol. The Hall–Kier alpha value is -0.570. The highest BCUT2D eigenvalue weighted by molar-refractivity contribution is 5.76. The molecule has 1 saturated carbocycles. The summed E-state index contributed by atoms with van der Waals surface area (Å²) in [5.74, 6) is 1.19. The van der Waals surface area contributed by atoms with Gasteiger partial charge >= 0.3 is 0 Å². The van der Waals surface area contributed by atoms with Crippen molar-refractivity contribution in [2.45, 2.75) is 51.1 Å². The number of carbonyl (C=O) groups excluding carboxylic acids is 1. The normalized spacial score (nSPS) is 29.8. The molecule has 2 fully saturated rings. The highest BCUT2D eigenvalue weighted by atomic mass is 16.1. The Bertz CT molecular complexity index is 203. The molecule has 3 nitrogen and oxygen atoms in total. The largest absolute Gasteiger partial charge is 0.355 e. The summed E-state index contributed by atoms with van der Waals surface area (Å²) in [5, 5.41) is 6.50. The van der Waals surface area contributed by atoms with Crippen LogP contribution in [0, 0.1) is 5.92 Å². The summed E-state index contributed by atoms with van der Waals surface area (Å²) in [6, 6.07) is 1.11. The molecule has 2 atom stereocenters. The second-order valence-corrected chi connectivity index (χ2v) is 4.79. The van der Waals surface area contributed by atoms with Gasteiger partial charge in [0.25, 0.3) is 0 Å². The summed E-state index contributed by atoms with van der Waals surface area (Å²) in [6.07, 6.45) is 5.85. The summed E-state index contributed by atoms with van der Waals surface area (Å²) in [4.78, 5) is 10.9. The van der Waals surface area contributed by atoms with Crippen LogP contribution < -0.4 is 10.6 Å². The summed E-state index contributed by atoms with van der Waals surface area (Å²) < 4.78 is 0. The van der Waals surface area contributed by atoms with E-state index in [1.165, 1.54) is 19.3 Å². The minimum absolute atomic E-state index is 0.206. The van der Waals surface area contributed by atoms with Gasteiger partial charge in [0.05, 0.1) is 0 Å². The van der Waals surface area contributed by atoms with Gasteiger partial charge in [-0.1, -0.05) is 12.8 Å². The lowest BCUT2D eigenvalue weighted by Gasteiger charge is -2.27. The van der Waals surface area contributed by atoms with Gasteiger partial charge in [-0.2, -0.15) is 0 Å². The zero-order chi connectivity index (χ0) is 9.97. The van der Waals surface area contributed by atoms with Crippen LogP contribution in [-0.4, -0.2) is 24.5 Å². The summed E-state index contributed by atoms with van der Waals surface area (Å²) in [7, 11) is 0. The molecule has 14 heavy (non-hydrogen) atoms. The Morgan fingerprint density at radius 3 is 2.86 bits per heavy atom. The lowest BCUT2D eigenvalue weighted by atomic mass is 10.0. The molecule has 0 aromatic rings. The molecule has 0 bridgehead atoms. The number of rotatable bonds is 4. The third-order valence-electron chi connectivity index (χ3n) is 3.17. The third-order valence-corrected chi connectivity index (χ3v) is 3.17. The highest BCUT2D eigenvalue weighted by Crippen LogP contribution is 2.33. The zero-order valence-electron chi connectivity index (χ0n) is 8.88. The molecule has 1 amide bonds. The van der Waals surface area contributed by atoms with E-state index in [2.05, 4.69) is 17.6 Å². The van der Waals surface area contributed by atoms with Crippen molar-refractivity contribution >= 4 is 5.91 Å². The molecule has 2 N–H and O–H groups in total. The van der Waals surface area contributed by atoms with E-state index in [1.807, 2.05) is 0 Å². The fourth-order valence-electron chi connectivity index (χ4n) is 2.20. The first-order chi connectivity index (χ1) is 6.74. The van der Waals surface area contributed by atoms with Gasteiger partial charge in [0.2, 0.25) is 5.91 Å². The lowest BCUT2D eigenvalue weighted by molar-refractivity contribution is -0.122. The smallest absolute Gasteiger partial charge is 0.220 e. The molecule has 0 aromatic carbocycles. The summed E-state index contributed by atoms with van der Waals surface area (Å²) >= 11 is 0. The topological polar surface area (TPSA) is 41.1 Å². The first-order valence-corrected chi connectivity index (χ1v) is 5.77. The maximum absolute atomic E-state index is 10.9. The summed E-state index contributed by atoms with van der Waals surface area (Å²) in [5.41, 5.74) is 0. The molecule has 3 heteroatoms. The van der Waals surface area contributed by atoms with Gasteiger partial charge in [-0.05, 0) is 25.7 Å². The van der Waals surface area contributed by atoms with Crippen LogP contribution in [0.2, 0.25) is 0 Å². The van der Waals surface area contributed by atoms with E-state index in [0.717, 1.165) is 18.9 Å². The van der Waals surface area contributed by atoms with E-state index in [0.29, 0.717) is 18.5 Å². The average molecular weight is 196 g/mol. The Morgan fingerprint density at radius 2 is 2.29 bits per heavy atom. The highest BCUT2D eigenvalue weighted by Gasteiger charge is 2.25. The van der Waals surface area contributed by atoms with Gasteiger partial charge in [-0.3, -0.25) is 4.79 Å². The van der Waals surface area contributed by atoms with Crippen molar-refractivity contribution in [1.82, 2.24) is 10.6 Å². The van der Waals surface area contributed by atoms with E-state index in [9.17, 15) is 4.79 Å². The number of hydrogen-bond acceptors (Lipinski definition) is 2. The van der Waals surface area contributed by atoms with Crippen molar-refractivity contribution < 1.29 is 4.79 Å². The van der Waals surface area contributed by atoms with Crippen molar-refractivity contribution in [2.24, 2.45) is 5.92 Å². The first-order valence-electron chi connectivity index (χ1n) is 5.77. The zero-order valence-corrected chi connectivity index (χ0v) is 8.88. The van der Waals surface area contributed by atoms with Crippen LogP contribution in [0.4, 0.5) is 0 Å². The molecular weight excluding hydrogens is 176 g/mol. The van der Waals surface area contributed by atoms with Crippen LogP contribution in [-0.2, 0) is 4.79 Å². The number of amides is 1. The standard InChI is InChI=1S/C11H20N2O/c1-8(6-9-2-3-9)13-10-4-5-11(14)12-7-10/h8-10,13H,2-7H2,1H3,(H,12,14). The van der Waals surface area contributed by atoms with Crippen molar-refractivity contribution in [3.05, 3.63) is 0 Å². The van der Waals surface area contributed by atoms with E-state index in [1.54, 1.807) is 0 Å². The van der Waals surface area contributed by atoms with Crippen LogP contribution >= 0.6 is 0 Å². The van der Waals surface area contributed by atoms with Crippen LogP contribution in [0.1, 0.15) is 39.0 Å². The fraction of sp³-hybridized carbons (Fsp3) is 0.909. The van der Waals surface area contributed by atoms with E-state index in [4.69, 9.17) is 0 Å². The minimum atomic E-state index is 0.206. The Labute approximate surface area is 85.6 Å². The van der Waals surface area contributed by atoms with Gasteiger partial charge < -0.3 is 10.6 Å². The maximum atomic E-state index is 10.9. The van der Waals surface area contributed by atoms with Gasteiger partial charge in [0, 0.05) is 25.0 Å². The van der Waals surface area contributed by atoms with Crippen molar-refractivity contribution in [2.75, 3.05) is 6.54 Å². The quantitative estimate of drug-likeness (QED) is 0.705. The van der Waals surface area contributed by atoms with E-state index in [-0.39, 0.29) is 5.91 Å². The van der Waals surface area contributed by atoms with Gasteiger partial charge in [0.15, 0.2) is 0 Å². The molecule has 1 saturated heterocycles. The van der Waals surface area contributed by atoms with Gasteiger partial charge in [0.1, 0.15) is 0 Å². The molecule has 0 radical (unpaired) electrons. The molecule has 2 rings (SSSR count). The van der Waals surface area contributed by atoms with Crippen molar-refractivity contribution in [3.8, 4) is 0 Å². The monoisotopic (exact) mass is 196 g/mol. The van der Waals surface area contributed by atoms with Crippen LogP contribution in [0.5, 0.6) is 0 Å². The molecule has 80 valence electrons. The Morgan fingerprint density at radius 1 is 1.50 bits per heavy atom. The molecule has 2 aliphatic rings. The van der Waals surface area contributed by atoms with Gasteiger partial charge in [-0.15, -0.1) is 0 Å². The van der Waals surface area contributed by atoms with E-state index < -0.39 is 0 Å². The molecule has 0 spiro atoms. The third kappa shape index (κ3) is 2.98.